The second-order valence-corrected chi connectivity index (χ2v) is 6.84. The summed E-state index contributed by atoms with van der Waals surface area (Å²) < 4.78 is 35.2. The van der Waals surface area contributed by atoms with Crippen LogP contribution >= 0.6 is 0 Å². The van der Waals surface area contributed by atoms with Gasteiger partial charge in [0.1, 0.15) is 5.75 Å². The Morgan fingerprint density at radius 3 is 2.00 bits per heavy atom. The van der Waals surface area contributed by atoms with E-state index in [1.807, 2.05) is 39.0 Å². The molecule has 118 valence electrons. The number of benzene rings is 2. The first-order valence-corrected chi connectivity index (χ1v) is 8.43. The maximum absolute atomic E-state index is 12.2. The minimum absolute atomic E-state index is 0.120. The van der Waals surface area contributed by atoms with Gasteiger partial charge in [-0.05, 0) is 51.0 Å². The van der Waals surface area contributed by atoms with Gasteiger partial charge in [0, 0.05) is 0 Å². The maximum atomic E-state index is 12.2. The first-order chi connectivity index (χ1) is 10.3. The lowest BCUT2D eigenvalue weighted by Crippen LogP contribution is -2.22. The molecule has 0 heterocycles. The molecule has 0 N–H and O–H groups in total. The van der Waals surface area contributed by atoms with Crippen LogP contribution in [0.1, 0.15) is 23.6 Å². The summed E-state index contributed by atoms with van der Waals surface area (Å²) in [7, 11) is -3.85. The summed E-state index contributed by atoms with van der Waals surface area (Å²) >= 11 is 0. The lowest BCUT2D eigenvalue weighted by atomic mass is 10.1. The monoisotopic (exact) mass is 320 g/mol. The smallest absolute Gasteiger partial charge is 0.300 e. The van der Waals surface area contributed by atoms with Crippen LogP contribution in [0.4, 0.5) is 0 Å². The van der Waals surface area contributed by atoms with Gasteiger partial charge in [-0.25, -0.2) is 4.18 Å². The number of para-hydroxylation sites is 1. The van der Waals surface area contributed by atoms with Crippen molar-refractivity contribution in [3.63, 3.8) is 0 Å². The van der Waals surface area contributed by atoms with Crippen molar-refractivity contribution in [1.29, 1.82) is 0 Å². The molecule has 0 saturated heterocycles. The Balaban J connectivity index is 2.14. The third kappa shape index (κ3) is 3.87. The summed E-state index contributed by atoms with van der Waals surface area (Å²) in [5.74, 6) is 0.647. The highest BCUT2D eigenvalue weighted by molar-refractivity contribution is 7.86. The molecule has 0 aliphatic rings. The molecule has 0 aromatic heterocycles. The van der Waals surface area contributed by atoms with Crippen molar-refractivity contribution >= 4 is 10.1 Å². The highest BCUT2D eigenvalue weighted by atomic mass is 32.2. The van der Waals surface area contributed by atoms with Gasteiger partial charge in [-0.1, -0.05) is 35.9 Å². The van der Waals surface area contributed by atoms with Gasteiger partial charge in [0.25, 0.3) is 10.1 Å². The van der Waals surface area contributed by atoms with Gasteiger partial charge in [-0.2, -0.15) is 8.42 Å². The molecular weight excluding hydrogens is 300 g/mol. The largest absolute Gasteiger partial charge is 0.463 e. The van der Waals surface area contributed by atoms with Gasteiger partial charge >= 0.3 is 0 Å². The van der Waals surface area contributed by atoms with E-state index in [9.17, 15) is 8.42 Å². The molecule has 22 heavy (non-hydrogen) atoms. The molecule has 4 nitrogen and oxygen atoms in total. The topological polar surface area (TPSA) is 52.6 Å². The second-order valence-electron chi connectivity index (χ2n) is 5.27. The first kappa shape index (κ1) is 16.5. The van der Waals surface area contributed by atoms with E-state index < -0.39 is 16.4 Å². The summed E-state index contributed by atoms with van der Waals surface area (Å²) in [6.45, 7) is 7.27. The van der Waals surface area contributed by atoms with Crippen LogP contribution < -0.4 is 4.74 Å². The molecule has 0 bridgehead atoms. The molecule has 0 saturated carbocycles. The molecule has 1 unspecified atom stereocenters. The Kier molecular flexibility index (Phi) is 4.88. The second kappa shape index (κ2) is 6.50. The normalized spacial score (nSPS) is 12.9. The van der Waals surface area contributed by atoms with E-state index in [4.69, 9.17) is 8.92 Å². The van der Waals surface area contributed by atoms with Crippen LogP contribution in [0.3, 0.4) is 0 Å². The van der Waals surface area contributed by atoms with Crippen molar-refractivity contribution in [1.82, 2.24) is 0 Å². The standard InChI is InChI=1S/C17H20O4S/c1-12-8-10-16(11-9-12)22(18,19)21-15(4)20-17-13(2)6-5-7-14(17)3/h5-11,15H,1-4H3. The van der Waals surface area contributed by atoms with Crippen LogP contribution in [-0.4, -0.2) is 14.7 Å². The average molecular weight is 320 g/mol. The molecule has 1 atom stereocenters. The Bertz CT molecular complexity index is 728. The van der Waals surface area contributed by atoms with Crippen LogP contribution in [0, 0.1) is 20.8 Å². The molecule has 2 aromatic carbocycles. The third-order valence-corrected chi connectivity index (χ3v) is 4.64. The molecule has 5 heteroatoms. The van der Waals surface area contributed by atoms with Crippen LogP contribution in [0.2, 0.25) is 0 Å². The number of ether oxygens (including phenoxy) is 1. The number of hydrogen-bond acceptors (Lipinski definition) is 4. The molecule has 0 amide bonds. The zero-order valence-corrected chi connectivity index (χ0v) is 14.0. The summed E-state index contributed by atoms with van der Waals surface area (Å²) in [5, 5.41) is 0. The van der Waals surface area contributed by atoms with E-state index in [-0.39, 0.29) is 4.90 Å². The highest BCUT2D eigenvalue weighted by Crippen LogP contribution is 2.25. The van der Waals surface area contributed by atoms with Crippen molar-refractivity contribution in [3.05, 3.63) is 59.2 Å². The predicted octanol–water partition coefficient (Wildman–Crippen LogP) is 3.74. The molecule has 0 radical (unpaired) electrons. The first-order valence-electron chi connectivity index (χ1n) is 7.02. The molecule has 0 aliphatic carbocycles. The summed E-state index contributed by atoms with van der Waals surface area (Å²) in [6.07, 6.45) is -0.911. The van der Waals surface area contributed by atoms with Crippen molar-refractivity contribution in [2.75, 3.05) is 0 Å². The van der Waals surface area contributed by atoms with Gasteiger partial charge in [-0.15, -0.1) is 0 Å². The van der Waals surface area contributed by atoms with E-state index in [2.05, 4.69) is 0 Å². The van der Waals surface area contributed by atoms with Crippen molar-refractivity contribution in [2.45, 2.75) is 38.9 Å². The van der Waals surface area contributed by atoms with E-state index in [0.29, 0.717) is 5.75 Å². The Morgan fingerprint density at radius 2 is 1.45 bits per heavy atom. The summed E-state index contributed by atoms with van der Waals surface area (Å²) in [5.41, 5.74) is 2.85. The predicted molar refractivity (Wildman–Crippen MR) is 85.5 cm³/mol. The van der Waals surface area contributed by atoms with Gasteiger partial charge in [0.15, 0.2) is 0 Å². The Hall–Kier alpha value is -1.85. The fraction of sp³-hybridized carbons (Fsp3) is 0.294. The minimum Gasteiger partial charge on any atom is -0.463 e. The molecule has 2 aromatic rings. The lowest BCUT2D eigenvalue weighted by molar-refractivity contribution is 0.0270. The maximum Gasteiger partial charge on any atom is 0.300 e. The molecular formula is C17H20O4S. The van der Waals surface area contributed by atoms with Crippen LogP contribution in [0.15, 0.2) is 47.4 Å². The van der Waals surface area contributed by atoms with Crippen molar-refractivity contribution in [2.24, 2.45) is 0 Å². The average Bonchev–Trinajstić information content (AvgIpc) is 2.43. The van der Waals surface area contributed by atoms with E-state index >= 15 is 0 Å². The molecule has 0 fully saturated rings. The minimum atomic E-state index is -3.85. The summed E-state index contributed by atoms with van der Waals surface area (Å²) in [6, 6.07) is 12.2. The zero-order valence-electron chi connectivity index (χ0n) is 13.2. The summed E-state index contributed by atoms with van der Waals surface area (Å²) in [4.78, 5) is 0.120. The lowest BCUT2D eigenvalue weighted by Gasteiger charge is -2.18. The van der Waals surface area contributed by atoms with Gasteiger partial charge in [-0.3, -0.25) is 0 Å². The van der Waals surface area contributed by atoms with E-state index in [0.717, 1.165) is 16.7 Å². The van der Waals surface area contributed by atoms with Crippen LogP contribution in [0.5, 0.6) is 5.75 Å². The SMILES string of the molecule is Cc1ccc(S(=O)(=O)OC(C)Oc2c(C)cccc2C)cc1. The van der Waals surface area contributed by atoms with Crippen molar-refractivity contribution in [3.8, 4) is 5.75 Å². The number of aryl methyl sites for hydroxylation is 3. The van der Waals surface area contributed by atoms with Crippen LogP contribution in [-0.2, 0) is 14.3 Å². The molecule has 2 rings (SSSR count). The third-order valence-electron chi connectivity index (χ3n) is 3.26. The Labute approximate surface area is 131 Å². The number of hydrogen-bond donors (Lipinski definition) is 0. The van der Waals surface area contributed by atoms with E-state index in [1.54, 1.807) is 19.1 Å². The van der Waals surface area contributed by atoms with Gasteiger partial charge in [0.2, 0.25) is 6.29 Å². The van der Waals surface area contributed by atoms with Crippen molar-refractivity contribution < 1.29 is 17.3 Å². The molecule has 0 spiro atoms. The number of rotatable bonds is 5. The van der Waals surface area contributed by atoms with Crippen LogP contribution in [0.25, 0.3) is 0 Å². The van der Waals surface area contributed by atoms with E-state index in [1.165, 1.54) is 12.1 Å². The fourth-order valence-corrected chi connectivity index (χ4v) is 3.09. The Morgan fingerprint density at radius 1 is 0.909 bits per heavy atom. The van der Waals surface area contributed by atoms with Gasteiger partial charge in [0.05, 0.1) is 4.90 Å². The molecule has 0 aliphatic heterocycles. The zero-order chi connectivity index (χ0) is 16.3. The highest BCUT2D eigenvalue weighted by Gasteiger charge is 2.20. The fourth-order valence-electron chi connectivity index (χ4n) is 2.11. The van der Waals surface area contributed by atoms with Gasteiger partial charge < -0.3 is 4.74 Å². The quantitative estimate of drug-likeness (QED) is 0.622.